The van der Waals surface area contributed by atoms with Gasteiger partial charge >= 0.3 is 29.6 Å². The van der Waals surface area contributed by atoms with Gasteiger partial charge in [0.25, 0.3) is 10.1 Å². The Hall–Kier alpha value is -2.10. The molecule has 0 aliphatic rings. The van der Waals surface area contributed by atoms with Gasteiger partial charge in [0.1, 0.15) is 32.1 Å². The number of benzene rings is 3. The Morgan fingerprint density at radius 2 is 1.70 bits per heavy atom. The summed E-state index contributed by atoms with van der Waals surface area (Å²) in [6.45, 7) is 0.400. The second-order valence-electron chi connectivity index (χ2n) is 6.71. The summed E-state index contributed by atoms with van der Waals surface area (Å²) in [5, 5.41) is 24.6. The van der Waals surface area contributed by atoms with Gasteiger partial charge in [0.05, 0.1) is 16.0 Å². The molecule has 0 atom stereocenters. The molecule has 33 heavy (non-hydrogen) atoms. The van der Waals surface area contributed by atoms with Crippen LogP contribution in [0, 0.1) is 0 Å². The number of nitrogens with zero attached hydrogens (tertiary/aromatic N) is 2. The van der Waals surface area contributed by atoms with Gasteiger partial charge in [0.2, 0.25) is 0 Å². The van der Waals surface area contributed by atoms with E-state index < -0.39 is 35.8 Å². The van der Waals surface area contributed by atoms with Gasteiger partial charge in [-0.05, 0) is 48.3 Å². The van der Waals surface area contributed by atoms with E-state index in [9.17, 15) is 31.0 Å². The monoisotopic (exact) mass is 502 g/mol. The molecule has 0 spiro atoms. The quantitative estimate of drug-likeness (QED) is 0.194. The van der Waals surface area contributed by atoms with Crippen molar-refractivity contribution in [2.75, 3.05) is 19.4 Å². The molecular formula is C19H19N4NaO7S2. The number of hydrogen-bond acceptors (Lipinski definition) is 10. The van der Waals surface area contributed by atoms with Crippen molar-refractivity contribution in [3.05, 3.63) is 48.0 Å². The van der Waals surface area contributed by atoms with Crippen LogP contribution in [-0.2, 0) is 26.8 Å². The van der Waals surface area contributed by atoms with Gasteiger partial charge in [-0.3, -0.25) is 4.55 Å². The average Bonchev–Trinajstić information content (AvgIpc) is 2.70. The third kappa shape index (κ3) is 6.07. The van der Waals surface area contributed by atoms with E-state index in [1.54, 1.807) is 14.1 Å². The average molecular weight is 503 g/mol. The molecule has 4 N–H and O–H groups in total. The molecule has 0 aliphatic heterocycles. The number of phenols is 1. The minimum absolute atomic E-state index is 0. The van der Waals surface area contributed by atoms with E-state index in [2.05, 4.69) is 20.9 Å². The van der Waals surface area contributed by atoms with Crippen molar-refractivity contribution in [1.82, 2.24) is 5.32 Å². The maximum atomic E-state index is 11.8. The van der Waals surface area contributed by atoms with E-state index in [4.69, 9.17) is 0 Å². The Kier molecular flexibility index (Phi) is 8.59. The van der Waals surface area contributed by atoms with Crippen molar-refractivity contribution >= 4 is 48.1 Å². The van der Waals surface area contributed by atoms with Crippen molar-refractivity contribution in [3.8, 4) is 5.75 Å². The summed E-state index contributed by atoms with van der Waals surface area (Å²) in [5.41, 5.74) is 0.984. The van der Waals surface area contributed by atoms with E-state index in [0.717, 1.165) is 12.1 Å². The SMILES string of the molecule is CNCc1ccc(S(=O)(=O)O)c(N=Nc2c(NC)ccc3cc(S(=O)(=O)[O-])cc(O)c23)c1.[Na+]. The van der Waals surface area contributed by atoms with Crippen LogP contribution in [0.5, 0.6) is 5.75 Å². The van der Waals surface area contributed by atoms with Crippen LogP contribution in [0.1, 0.15) is 5.56 Å². The molecule has 11 nitrogen and oxygen atoms in total. The van der Waals surface area contributed by atoms with Crippen LogP contribution in [0.2, 0.25) is 0 Å². The summed E-state index contributed by atoms with van der Waals surface area (Å²) in [6.07, 6.45) is 0. The maximum absolute atomic E-state index is 11.8. The van der Waals surface area contributed by atoms with Crippen molar-refractivity contribution in [2.45, 2.75) is 16.3 Å². The molecular weight excluding hydrogens is 483 g/mol. The molecule has 0 fully saturated rings. The van der Waals surface area contributed by atoms with E-state index >= 15 is 0 Å². The fraction of sp³-hybridized carbons (Fsp3) is 0.158. The molecule has 0 bridgehead atoms. The van der Waals surface area contributed by atoms with Gasteiger partial charge in [0, 0.05) is 13.6 Å². The first-order valence-electron chi connectivity index (χ1n) is 9.06. The van der Waals surface area contributed by atoms with Crippen LogP contribution in [0.4, 0.5) is 17.1 Å². The number of rotatable bonds is 7. The number of phenolic OH excluding ortho intramolecular Hbond substituents is 1. The van der Waals surface area contributed by atoms with Gasteiger partial charge in [0.15, 0.2) is 0 Å². The van der Waals surface area contributed by atoms with Crippen molar-refractivity contribution in [3.63, 3.8) is 0 Å². The van der Waals surface area contributed by atoms with Crippen molar-refractivity contribution in [2.24, 2.45) is 10.2 Å². The van der Waals surface area contributed by atoms with Gasteiger partial charge in [-0.15, -0.1) is 10.2 Å². The molecule has 170 valence electrons. The number of azo groups is 1. The largest absolute Gasteiger partial charge is 1.00 e. The molecule has 3 rings (SSSR count). The first kappa shape index (κ1) is 27.1. The van der Waals surface area contributed by atoms with Crippen LogP contribution in [0.25, 0.3) is 10.8 Å². The summed E-state index contributed by atoms with van der Waals surface area (Å²) in [5.74, 6) is -0.526. The van der Waals surface area contributed by atoms with Crippen molar-refractivity contribution < 1.29 is 60.6 Å². The van der Waals surface area contributed by atoms with Gasteiger partial charge < -0.3 is 20.3 Å². The van der Waals surface area contributed by atoms with Crippen LogP contribution in [0.3, 0.4) is 0 Å². The molecule has 3 aromatic carbocycles. The summed E-state index contributed by atoms with van der Waals surface area (Å²) < 4.78 is 67.1. The summed E-state index contributed by atoms with van der Waals surface area (Å²) >= 11 is 0. The molecule has 0 unspecified atom stereocenters. The predicted molar refractivity (Wildman–Crippen MR) is 116 cm³/mol. The molecule has 0 amide bonds. The molecule has 0 saturated heterocycles. The minimum atomic E-state index is -4.81. The van der Waals surface area contributed by atoms with E-state index in [-0.39, 0.29) is 51.7 Å². The van der Waals surface area contributed by atoms with Crippen LogP contribution >= 0.6 is 0 Å². The number of anilines is 1. The third-order valence-corrected chi connectivity index (χ3v) is 6.26. The van der Waals surface area contributed by atoms with E-state index in [1.165, 1.54) is 30.3 Å². The van der Waals surface area contributed by atoms with Crippen molar-refractivity contribution in [1.29, 1.82) is 0 Å². The Morgan fingerprint density at radius 3 is 2.27 bits per heavy atom. The van der Waals surface area contributed by atoms with Crippen LogP contribution < -0.4 is 40.2 Å². The molecule has 3 aromatic rings. The molecule has 0 aromatic heterocycles. The first-order chi connectivity index (χ1) is 15.0. The molecule has 0 heterocycles. The second-order valence-corrected chi connectivity index (χ2v) is 9.48. The Labute approximate surface area is 212 Å². The summed E-state index contributed by atoms with van der Waals surface area (Å²) in [6, 6.07) is 9.03. The fourth-order valence-electron chi connectivity index (χ4n) is 3.13. The smallest absolute Gasteiger partial charge is 0.744 e. The summed E-state index contributed by atoms with van der Waals surface area (Å²) in [7, 11) is -6.14. The number of fused-ring (bicyclic) bond motifs is 1. The summed E-state index contributed by atoms with van der Waals surface area (Å²) in [4.78, 5) is -1.08. The Balaban J connectivity index is 0.00000385. The molecule has 0 radical (unpaired) electrons. The Morgan fingerprint density at radius 1 is 1.00 bits per heavy atom. The van der Waals surface area contributed by atoms with Gasteiger partial charge in [-0.25, -0.2) is 8.42 Å². The van der Waals surface area contributed by atoms with Crippen LogP contribution in [-0.4, -0.2) is 45.1 Å². The zero-order valence-electron chi connectivity index (χ0n) is 17.9. The Bertz CT molecular complexity index is 1440. The number of aromatic hydroxyl groups is 1. The molecule has 0 saturated carbocycles. The van der Waals surface area contributed by atoms with Gasteiger partial charge in [-0.1, -0.05) is 12.1 Å². The van der Waals surface area contributed by atoms with Crippen LogP contribution in [0.15, 0.2) is 62.5 Å². The second kappa shape index (κ2) is 10.4. The van der Waals surface area contributed by atoms with E-state index in [1.807, 2.05) is 0 Å². The number of hydrogen-bond donors (Lipinski definition) is 4. The predicted octanol–water partition coefficient (Wildman–Crippen LogP) is -0.123. The normalized spacial score (nSPS) is 12.1. The minimum Gasteiger partial charge on any atom is -0.744 e. The van der Waals surface area contributed by atoms with Gasteiger partial charge in [-0.2, -0.15) is 8.42 Å². The first-order valence-corrected chi connectivity index (χ1v) is 11.9. The molecule has 14 heteroatoms. The maximum Gasteiger partial charge on any atom is 1.00 e. The third-order valence-electron chi connectivity index (χ3n) is 4.54. The van der Waals surface area contributed by atoms with E-state index in [0.29, 0.717) is 17.8 Å². The zero-order valence-corrected chi connectivity index (χ0v) is 21.5. The number of nitrogens with one attached hydrogen (secondary N) is 2. The zero-order chi connectivity index (χ0) is 23.7. The fourth-order valence-corrected chi connectivity index (χ4v) is 4.26. The topological polar surface area (TPSA) is 181 Å². The molecule has 0 aliphatic carbocycles. The standard InChI is InChI=1S/C19H20N4O7S2.Na/c1-20-10-11-3-6-17(32(28,29)30)15(7-11)22-23-19-14(21-2)5-4-12-8-13(31(25,26)27)9-16(24)18(12)19;/h3-9,20-21,24H,10H2,1-2H3,(H,25,26,27)(H,28,29,30);/q;+1/p-1.